The second-order valence-corrected chi connectivity index (χ2v) is 7.23. The molecule has 1 aromatic carbocycles. The fourth-order valence-corrected chi connectivity index (χ4v) is 3.49. The SMILES string of the molecule is O=C(Cn1cnc2onc(-c3ccc(Cl)cc3)c2c1=O)NCCN1CCCC1. The van der Waals surface area contributed by atoms with Gasteiger partial charge in [0, 0.05) is 23.7 Å². The summed E-state index contributed by atoms with van der Waals surface area (Å²) in [6, 6.07) is 6.92. The van der Waals surface area contributed by atoms with Crippen LogP contribution in [0.15, 0.2) is 39.9 Å². The maximum Gasteiger partial charge on any atom is 0.267 e. The lowest BCUT2D eigenvalue weighted by Gasteiger charge is -2.14. The van der Waals surface area contributed by atoms with Crippen LogP contribution in [0.4, 0.5) is 0 Å². The van der Waals surface area contributed by atoms with Crippen molar-refractivity contribution in [3.8, 4) is 11.3 Å². The van der Waals surface area contributed by atoms with Crippen LogP contribution in [0.25, 0.3) is 22.4 Å². The smallest absolute Gasteiger partial charge is 0.267 e. The summed E-state index contributed by atoms with van der Waals surface area (Å²) in [5.41, 5.74) is 0.842. The first kappa shape index (κ1) is 18.6. The average Bonchev–Trinajstić information content (AvgIpc) is 3.35. The molecule has 0 bridgehead atoms. The zero-order valence-electron chi connectivity index (χ0n) is 15.2. The number of rotatable bonds is 6. The van der Waals surface area contributed by atoms with Gasteiger partial charge in [-0.1, -0.05) is 28.9 Å². The van der Waals surface area contributed by atoms with E-state index in [1.807, 2.05) is 0 Å². The Hall–Kier alpha value is -2.71. The van der Waals surface area contributed by atoms with Crippen LogP contribution in [-0.4, -0.2) is 51.7 Å². The zero-order chi connectivity index (χ0) is 19.5. The first-order valence-electron chi connectivity index (χ1n) is 9.21. The first-order chi connectivity index (χ1) is 13.6. The molecule has 3 aromatic rings. The largest absolute Gasteiger partial charge is 0.353 e. The molecule has 4 rings (SSSR count). The zero-order valence-corrected chi connectivity index (χ0v) is 16.0. The second-order valence-electron chi connectivity index (χ2n) is 6.79. The maximum atomic E-state index is 12.9. The summed E-state index contributed by atoms with van der Waals surface area (Å²) in [5, 5.41) is 7.65. The molecule has 0 unspecified atom stereocenters. The Balaban J connectivity index is 1.50. The predicted octanol–water partition coefficient (Wildman–Crippen LogP) is 1.92. The molecule has 1 aliphatic heterocycles. The number of hydrogen-bond donors (Lipinski definition) is 1. The van der Waals surface area contributed by atoms with Crippen molar-refractivity contribution in [2.75, 3.05) is 26.2 Å². The molecular weight excluding hydrogens is 382 g/mol. The Morgan fingerprint density at radius 2 is 1.96 bits per heavy atom. The summed E-state index contributed by atoms with van der Waals surface area (Å²) in [6.45, 7) is 3.44. The van der Waals surface area contributed by atoms with E-state index in [0.717, 1.165) is 19.6 Å². The van der Waals surface area contributed by atoms with Crippen LogP contribution in [0.5, 0.6) is 0 Å². The number of likely N-dealkylation sites (tertiary alicyclic amines) is 1. The van der Waals surface area contributed by atoms with Crippen LogP contribution in [0, 0.1) is 0 Å². The van der Waals surface area contributed by atoms with Crippen molar-refractivity contribution in [2.24, 2.45) is 0 Å². The number of carbonyl (C=O) groups is 1. The number of nitrogens with zero attached hydrogens (tertiary/aromatic N) is 4. The molecule has 0 spiro atoms. The van der Waals surface area contributed by atoms with Gasteiger partial charge in [0.15, 0.2) is 0 Å². The standard InChI is InChI=1S/C19H20ClN5O3/c20-14-5-3-13(4-6-14)17-16-18(28-23-17)22-12-25(19(16)27)11-15(26)21-7-10-24-8-1-2-9-24/h3-6,12H,1-2,7-11H2,(H,21,26). The topological polar surface area (TPSA) is 93.3 Å². The number of carbonyl (C=O) groups excluding carboxylic acids is 1. The molecule has 2 aromatic heterocycles. The molecule has 9 heteroatoms. The van der Waals surface area contributed by atoms with Gasteiger partial charge in [-0.25, -0.2) is 4.98 Å². The lowest BCUT2D eigenvalue weighted by molar-refractivity contribution is -0.121. The van der Waals surface area contributed by atoms with Gasteiger partial charge in [-0.05, 0) is 38.1 Å². The molecule has 146 valence electrons. The van der Waals surface area contributed by atoms with E-state index < -0.39 is 0 Å². The molecule has 0 atom stereocenters. The quantitative estimate of drug-likeness (QED) is 0.678. The second kappa shape index (κ2) is 8.12. The van der Waals surface area contributed by atoms with E-state index in [-0.39, 0.29) is 29.1 Å². The number of hydrogen-bond acceptors (Lipinski definition) is 6. The van der Waals surface area contributed by atoms with E-state index in [1.54, 1.807) is 24.3 Å². The molecule has 28 heavy (non-hydrogen) atoms. The summed E-state index contributed by atoms with van der Waals surface area (Å²) >= 11 is 5.92. The molecule has 0 aliphatic carbocycles. The van der Waals surface area contributed by atoms with Gasteiger partial charge in [-0.2, -0.15) is 0 Å². The van der Waals surface area contributed by atoms with E-state index in [0.29, 0.717) is 22.8 Å². The molecule has 8 nitrogen and oxygen atoms in total. The Labute approximate surface area is 166 Å². The first-order valence-corrected chi connectivity index (χ1v) is 9.59. The van der Waals surface area contributed by atoms with Crippen LogP contribution in [0.1, 0.15) is 12.8 Å². The molecule has 1 fully saturated rings. The molecule has 3 heterocycles. The Kier molecular flexibility index (Phi) is 5.40. The van der Waals surface area contributed by atoms with Crippen LogP contribution in [0.2, 0.25) is 5.02 Å². The van der Waals surface area contributed by atoms with Gasteiger partial charge in [0.2, 0.25) is 5.91 Å². The third-order valence-corrected chi connectivity index (χ3v) is 5.10. The molecule has 0 radical (unpaired) electrons. The number of nitrogens with one attached hydrogen (secondary N) is 1. The Bertz CT molecular complexity index is 1040. The number of fused-ring (bicyclic) bond motifs is 1. The van der Waals surface area contributed by atoms with Crippen LogP contribution >= 0.6 is 11.6 Å². The number of aromatic nitrogens is 3. The van der Waals surface area contributed by atoms with Crippen LogP contribution in [0.3, 0.4) is 0 Å². The highest BCUT2D eigenvalue weighted by molar-refractivity contribution is 6.30. The van der Waals surface area contributed by atoms with E-state index in [9.17, 15) is 9.59 Å². The molecule has 1 saturated heterocycles. The number of amides is 1. The maximum absolute atomic E-state index is 12.9. The van der Waals surface area contributed by atoms with Gasteiger partial charge in [0.25, 0.3) is 11.3 Å². The third kappa shape index (κ3) is 3.93. The summed E-state index contributed by atoms with van der Waals surface area (Å²) in [5.74, 6) is -0.230. The van der Waals surface area contributed by atoms with E-state index in [2.05, 4.69) is 20.4 Å². The molecule has 1 aliphatic rings. The van der Waals surface area contributed by atoms with Gasteiger partial charge < -0.3 is 14.7 Å². The predicted molar refractivity (Wildman–Crippen MR) is 105 cm³/mol. The van der Waals surface area contributed by atoms with E-state index in [1.165, 1.54) is 23.7 Å². The number of halogens is 1. The van der Waals surface area contributed by atoms with Crippen molar-refractivity contribution < 1.29 is 9.32 Å². The highest BCUT2D eigenvalue weighted by Gasteiger charge is 2.18. The fraction of sp³-hybridized carbons (Fsp3) is 0.368. The van der Waals surface area contributed by atoms with Gasteiger partial charge in [-0.15, -0.1) is 0 Å². The minimum Gasteiger partial charge on any atom is -0.353 e. The third-order valence-electron chi connectivity index (χ3n) is 4.84. The van der Waals surface area contributed by atoms with Gasteiger partial charge >= 0.3 is 0 Å². The van der Waals surface area contributed by atoms with Gasteiger partial charge in [-0.3, -0.25) is 14.2 Å². The van der Waals surface area contributed by atoms with Crippen molar-refractivity contribution in [3.05, 3.63) is 46.0 Å². The average molecular weight is 402 g/mol. The van der Waals surface area contributed by atoms with Crippen molar-refractivity contribution in [1.29, 1.82) is 0 Å². The normalized spacial score (nSPS) is 14.6. The summed E-state index contributed by atoms with van der Waals surface area (Å²) < 4.78 is 6.45. The minimum absolute atomic E-state index is 0.104. The van der Waals surface area contributed by atoms with E-state index in [4.69, 9.17) is 16.1 Å². The van der Waals surface area contributed by atoms with Crippen LogP contribution in [-0.2, 0) is 11.3 Å². The lowest BCUT2D eigenvalue weighted by Crippen LogP contribution is -2.37. The monoisotopic (exact) mass is 401 g/mol. The van der Waals surface area contributed by atoms with E-state index >= 15 is 0 Å². The summed E-state index contributed by atoms with van der Waals surface area (Å²) in [6.07, 6.45) is 3.73. The fourth-order valence-electron chi connectivity index (χ4n) is 3.37. The van der Waals surface area contributed by atoms with Gasteiger partial charge in [0.05, 0.1) is 0 Å². The Morgan fingerprint density at radius 3 is 2.71 bits per heavy atom. The van der Waals surface area contributed by atoms with Crippen molar-refractivity contribution in [1.82, 2.24) is 24.9 Å². The lowest BCUT2D eigenvalue weighted by atomic mass is 10.1. The number of benzene rings is 1. The van der Waals surface area contributed by atoms with Crippen molar-refractivity contribution in [2.45, 2.75) is 19.4 Å². The molecule has 0 saturated carbocycles. The van der Waals surface area contributed by atoms with Crippen LogP contribution < -0.4 is 10.9 Å². The molecule has 1 amide bonds. The molecular formula is C19H20ClN5O3. The van der Waals surface area contributed by atoms with Crippen molar-refractivity contribution in [3.63, 3.8) is 0 Å². The van der Waals surface area contributed by atoms with Gasteiger partial charge in [0.1, 0.15) is 24.0 Å². The highest BCUT2D eigenvalue weighted by atomic mass is 35.5. The molecule has 1 N–H and O–H groups in total. The van der Waals surface area contributed by atoms with Crippen molar-refractivity contribution >= 4 is 28.6 Å². The summed E-state index contributed by atoms with van der Waals surface area (Å²) in [7, 11) is 0. The summed E-state index contributed by atoms with van der Waals surface area (Å²) in [4.78, 5) is 31.5. The Morgan fingerprint density at radius 1 is 1.21 bits per heavy atom. The minimum atomic E-state index is -0.370. The highest BCUT2D eigenvalue weighted by Crippen LogP contribution is 2.25.